The number of nitrogens with zero attached hydrogens (tertiary/aromatic N) is 4. The number of carbonyl (C=O) groups is 1. The lowest BCUT2D eigenvalue weighted by Crippen LogP contribution is -2.07. The number of hydrogen-bond donors (Lipinski definition) is 0. The van der Waals surface area contributed by atoms with Crippen molar-refractivity contribution in [2.45, 2.75) is 47.1 Å². The van der Waals surface area contributed by atoms with E-state index in [1.54, 1.807) is 0 Å². The van der Waals surface area contributed by atoms with E-state index in [9.17, 15) is 4.79 Å². The molecule has 132 valence electrons. The van der Waals surface area contributed by atoms with E-state index in [-0.39, 0.29) is 22.5 Å². The largest absolute Gasteiger partial charge is 0.347 e. The SMILES string of the molecule is CC1(C)C(C(=O)c2cn(CCCCN=[N+]=[N-])c3ccccc23)C1(C)C. The van der Waals surface area contributed by atoms with Gasteiger partial charge in [0.2, 0.25) is 0 Å². The molecule has 25 heavy (non-hydrogen) atoms. The summed E-state index contributed by atoms with van der Waals surface area (Å²) in [5, 5.41) is 4.62. The van der Waals surface area contributed by atoms with Crippen LogP contribution in [0.1, 0.15) is 50.9 Å². The number of fused-ring (bicyclic) bond motifs is 1. The molecule has 1 aromatic carbocycles. The van der Waals surface area contributed by atoms with E-state index in [1.165, 1.54) is 0 Å². The molecule has 5 nitrogen and oxygen atoms in total. The molecule has 1 aromatic heterocycles. The number of Topliss-reactive ketones (excluding diaryl/α,β-unsaturated/α-hetero) is 1. The van der Waals surface area contributed by atoms with Gasteiger partial charge in [-0.2, -0.15) is 0 Å². The Morgan fingerprint density at radius 1 is 1.20 bits per heavy atom. The summed E-state index contributed by atoms with van der Waals surface area (Å²) in [5.41, 5.74) is 10.4. The first-order chi connectivity index (χ1) is 11.8. The van der Waals surface area contributed by atoms with Crippen LogP contribution < -0.4 is 0 Å². The number of aromatic nitrogens is 1. The van der Waals surface area contributed by atoms with Crippen molar-refractivity contribution < 1.29 is 4.79 Å². The van der Waals surface area contributed by atoms with E-state index < -0.39 is 0 Å². The van der Waals surface area contributed by atoms with Gasteiger partial charge in [-0.25, -0.2) is 0 Å². The van der Waals surface area contributed by atoms with E-state index >= 15 is 0 Å². The zero-order valence-corrected chi connectivity index (χ0v) is 15.5. The molecule has 0 radical (unpaired) electrons. The highest BCUT2D eigenvalue weighted by molar-refractivity contribution is 6.11. The van der Waals surface area contributed by atoms with E-state index in [2.05, 4.69) is 48.4 Å². The van der Waals surface area contributed by atoms with Crippen LogP contribution in [0, 0.1) is 16.7 Å². The Bertz CT molecular complexity index is 842. The predicted octanol–water partition coefficient (Wildman–Crippen LogP) is 5.60. The molecule has 5 heteroatoms. The third-order valence-electron chi connectivity index (χ3n) is 6.31. The molecule has 1 aliphatic rings. The quantitative estimate of drug-likeness (QED) is 0.213. The first-order valence-electron chi connectivity index (χ1n) is 8.95. The van der Waals surface area contributed by atoms with Gasteiger partial charge in [0.05, 0.1) is 0 Å². The minimum atomic E-state index is 0.0442. The van der Waals surface area contributed by atoms with Gasteiger partial charge >= 0.3 is 0 Å². The third kappa shape index (κ3) is 2.83. The molecule has 1 saturated carbocycles. The second-order valence-corrected chi connectivity index (χ2v) is 8.16. The lowest BCUT2D eigenvalue weighted by Gasteiger charge is -2.03. The molecule has 0 atom stereocenters. The Morgan fingerprint density at radius 2 is 1.88 bits per heavy atom. The summed E-state index contributed by atoms with van der Waals surface area (Å²) in [6, 6.07) is 8.12. The standard InChI is InChI=1S/C20H26N4O/c1-19(2)18(20(19,3)4)17(25)15-13-24(12-8-7-11-22-23-21)16-10-6-5-9-14(15)16/h5-6,9-10,13,18H,7-8,11-12H2,1-4H3. The Balaban J connectivity index is 1.87. The zero-order chi connectivity index (χ0) is 18.2. The molecule has 1 aliphatic carbocycles. The van der Waals surface area contributed by atoms with Gasteiger partial charge in [-0.15, -0.1) is 0 Å². The van der Waals surface area contributed by atoms with Gasteiger partial charge in [-0.3, -0.25) is 4.79 Å². The molecule has 0 bridgehead atoms. The highest BCUT2D eigenvalue weighted by Gasteiger charge is 2.68. The van der Waals surface area contributed by atoms with Crippen molar-refractivity contribution in [1.82, 2.24) is 4.57 Å². The minimum Gasteiger partial charge on any atom is -0.347 e. The maximum absolute atomic E-state index is 13.2. The van der Waals surface area contributed by atoms with Crippen LogP contribution in [0.5, 0.6) is 0 Å². The van der Waals surface area contributed by atoms with E-state index in [0.717, 1.165) is 35.9 Å². The third-order valence-corrected chi connectivity index (χ3v) is 6.31. The molecule has 3 rings (SSSR count). The number of carbonyl (C=O) groups excluding carboxylic acids is 1. The van der Waals surface area contributed by atoms with Crippen molar-refractivity contribution in [2.24, 2.45) is 21.9 Å². The maximum Gasteiger partial charge on any atom is 0.169 e. The molecule has 1 heterocycles. The predicted molar refractivity (Wildman–Crippen MR) is 101 cm³/mol. The molecule has 0 unspecified atom stereocenters. The number of azide groups is 1. The molecular formula is C20H26N4O. The Morgan fingerprint density at radius 3 is 2.52 bits per heavy atom. The number of benzene rings is 1. The topological polar surface area (TPSA) is 70.8 Å². The summed E-state index contributed by atoms with van der Waals surface area (Å²) < 4.78 is 2.17. The highest BCUT2D eigenvalue weighted by Crippen LogP contribution is 2.69. The van der Waals surface area contributed by atoms with E-state index in [1.807, 2.05) is 24.4 Å². The van der Waals surface area contributed by atoms with Crippen molar-refractivity contribution in [2.75, 3.05) is 6.54 Å². The lowest BCUT2D eigenvalue weighted by molar-refractivity contribution is 0.0946. The number of ketones is 1. The number of para-hydroxylation sites is 1. The van der Waals surface area contributed by atoms with Crippen LogP contribution in [0.15, 0.2) is 35.6 Å². The van der Waals surface area contributed by atoms with E-state index in [4.69, 9.17) is 5.53 Å². The summed E-state index contributed by atoms with van der Waals surface area (Å²) in [4.78, 5) is 16.0. The second-order valence-electron chi connectivity index (χ2n) is 8.16. The Kier molecular flexibility index (Phi) is 4.38. The fourth-order valence-electron chi connectivity index (χ4n) is 4.14. The Hall–Kier alpha value is -2.26. The van der Waals surface area contributed by atoms with Crippen LogP contribution in [0.3, 0.4) is 0 Å². The number of rotatable bonds is 7. The lowest BCUT2D eigenvalue weighted by atomic mass is 10.0. The van der Waals surface area contributed by atoms with Gasteiger partial charge in [0.15, 0.2) is 5.78 Å². The average molecular weight is 338 g/mol. The van der Waals surface area contributed by atoms with Crippen molar-refractivity contribution >= 4 is 16.7 Å². The summed E-state index contributed by atoms with van der Waals surface area (Å²) >= 11 is 0. The van der Waals surface area contributed by atoms with E-state index in [0.29, 0.717) is 6.54 Å². The summed E-state index contributed by atoms with van der Waals surface area (Å²) in [6.45, 7) is 10.1. The van der Waals surface area contributed by atoms with Gasteiger partial charge in [0.1, 0.15) is 0 Å². The molecule has 2 aromatic rings. The summed E-state index contributed by atoms with van der Waals surface area (Å²) in [6.07, 6.45) is 3.79. The average Bonchev–Trinajstić information content (AvgIpc) is 2.84. The fourth-order valence-corrected chi connectivity index (χ4v) is 4.14. The monoisotopic (exact) mass is 338 g/mol. The molecule has 0 amide bonds. The van der Waals surface area contributed by atoms with Gasteiger partial charge in [0, 0.05) is 46.6 Å². The molecular weight excluding hydrogens is 312 g/mol. The summed E-state index contributed by atoms with van der Waals surface area (Å²) in [5.74, 6) is 0.336. The van der Waals surface area contributed by atoms with Crippen molar-refractivity contribution in [3.8, 4) is 0 Å². The highest BCUT2D eigenvalue weighted by atomic mass is 16.1. The maximum atomic E-state index is 13.2. The van der Waals surface area contributed by atoms with Crippen LogP contribution in [-0.2, 0) is 6.54 Å². The normalized spacial score (nSPS) is 18.1. The van der Waals surface area contributed by atoms with Gasteiger partial charge < -0.3 is 4.57 Å². The molecule has 0 spiro atoms. The Labute approximate surface area is 148 Å². The summed E-state index contributed by atoms with van der Waals surface area (Å²) in [7, 11) is 0. The van der Waals surface area contributed by atoms with Crippen LogP contribution in [0.25, 0.3) is 21.3 Å². The van der Waals surface area contributed by atoms with Crippen molar-refractivity contribution in [3.63, 3.8) is 0 Å². The fraction of sp³-hybridized carbons (Fsp3) is 0.550. The van der Waals surface area contributed by atoms with Crippen LogP contribution >= 0.6 is 0 Å². The smallest absolute Gasteiger partial charge is 0.169 e. The first kappa shape index (κ1) is 17.6. The number of hydrogen-bond acceptors (Lipinski definition) is 2. The van der Waals surface area contributed by atoms with Gasteiger partial charge in [-0.05, 0) is 35.3 Å². The van der Waals surface area contributed by atoms with Crippen LogP contribution in [0.2, 0.25) is 0 Å². The van der Waals surface area contributed by atoms with Crippen LogP contribution in [-0.4, -0.2) is 16.9 Å². The minimum absolute atomic E-state index is 0.0442. The first-order valence-corrected chi connectivity index (χ1v) is 8.95. The number of aryl methyl sites for hydroxylation is 1. The second kappa shape index (κ2) is 6.23. The van der Waals surface area contributed by atoms with Crippen molar-refractivity contribution in [1.29, 1.82) is 0 Å². The van der Waals surface area contributed by atoms with Gasteiger partial charge in [-0.1, -0.05) is 51.0 Å². The van der Waals surface area contributed by atoms with Gasteiger partial charge in [0.25, 0.3) is 0 Å². The zero-order valence-electron chi connectivity index (χ0n) is 15.5. The van der Waals surface area contributed by atoms with Crippen molar-refractivity contribution in [3.05, 3.63) is 46.5 Å². The molecule has 0 aliphatic heterocycles. The number of unbranched alkanes of at least 4 members (excludes halogenated alkanes) is 1. The molecule has 0 N–H and O–H groups in total. The van der Waals surface area contributed by atoms with Crippen LogP contribution in [0.4, 0.5) is 0 Å². The molecule has 0 saturated heterocycles. The molecule has 1 fully saturated rings.